The second-order valence-corrected chi connectivity index (χ2v) is 8.15. The van der Waals surface area contributed by atoms with Crippen LogP contribution in [0, 0.1) is 0 Å². The summed E-state index contributed by atoms with van der Waals surface area (Å²) >= 11 is 0. The molecule has 10 heteroatoms. The van der Waals surface area contributed by atoms with Crippen LogP contribution in [0.5, 0.6) is 0 Å². The molecule has 2 atom stereocenters. The van der Waals surface area contributed by atoms with Crippen molar-refractivity contribution >= 4 is 11.9 Å². The lowest BCUT2D eigenvalue weighted by atomic mass is 9.72. The van der Waals surface area contributed by atoms with Crippen LogP contribution in [0.1, 0.15) is 72.4 Å². The van der Waals surface area contributed by atoms with Crippen molar-refractivity contribution in [3.63, 3.8) is 0 Å². The maximum Gasteiger partial charge on any atom is 0.411 e. The van der Waals surface area contributed by atoms with Gasteiger partial charge in [-0.1, -0.05) is 38.1 Å². The Morgan fingerprint density at radius 2 is 0.943 bits per heavy atom. The van der Waals surface area contributed by atoms with Crippen LogP contribution in [0.25, 0.3) is 0 Å². The minimum Gasteiger partial charge on any atom is -0.459 e. The van der Waals surface area contributed by atoms with Gasteiger partial charge in [-0.25, -0.2) is 9.59 Å². The third-order valence-corrected chi connectivity index (χ3v) is 5.72. The van der Waals surface area contributed by atoms with Crippen LogP contribution in [-0.4, -0.2) is 36.5 Å². The van der Waals surface area contributed by atoms with E-state index in [1.807, 2.05) is 0 Å². The molecule has 0 aromatic heterocycles. The number of carbonyl (C=O) groups excluding carboxylic acids is 2. The number of alkyl halides is 6. The zero-order chi connectivity index (χ0) is 26.6. The van der Waals surface area contributed by atoms with Crippen LogP contribution < -0.4 is 0 Å². The van der Waals surface area contributed by atoms with Gasteiger partial charge in [0, 0.05) is 0 Å². The standard InChI is InChI=1S/C25H26F6O4/c1-5-15(3)34-21(32)17-7-11-19(12-8-17)23(24(26,27)28,25(29,30)31)20-13-9-18(10-14-20)22(33)35-16(4)6-2/h7-16H,5-6H2,1-4H3. The van der Waals surface area contributed by atoms with E-state index in [1.165, 1.54) is 0 Å². The summed E-state index contributed by atoms with van der Waals surface area (Å²) in [5.74, 6) is -1.72. The molecule has 0 saturated carbocycles. The number of ether oxygens (including phenoxy) is 2. The Labute approximate surface area is 199 Å². The van der Waals surface area contributed by atoms with Crippen molar-refractivity contribution in [1.82, 2.24) is 0 Å². The summed E-state index contributed by atoms with van der Waals surface area (Å²) in [7, 11) is 0. The molecule has 0 spiro atoms. The smallest absolute Gasteiger partial charge is 0.411 e. The highest BCUT2D eigenvalue weighted by Crippen LogP contribution is 2.56. The molecule has 2 rings (SSSR count). The van der Waals surface area contributed by atoms with E-state index in [1.54, 1.807) is 27.7 Å². The van der Waals surface area contributed by atoms with E-state index in [0.29, 0.717) is 37.1 Å². The van der Waals surface area contributed by atoms with Crippen molar-refractivity contribution < 1.29 is 45.4 Å². The van der Waals surface area contributed by atoms with Gasteiger partial charge in [-0.3, -0.25) is 0 Å². The zero-order valence-corrected chi connectivity index (χ0v) is 19.6. The molecule has 0 aliphatic heterocycles. The first kappa shape index (κ1) is 28.2. The minimum absolute atomic E-state index is 0.185. The average molecular weight is 504 g/mol. The molecular weight excluding hydrogens is 478 g/mol. The lowest BCUT2D eigenvalue weighted by Gasteiger charge is -2.38. The van der Waals surface area contributed by atoms with Gasteiger partial charge in [0.25, 0.3) is 0 Å². The van der Waals surface area contributed by atoms with Gasteiger partial charge in [0.05, 0.1) is 23.3 Å². The van der Waals surface area contributed by atoms with Crippen molar-refractivity contribution in [2.45, 2.75) is 70.5 Å². The number of carbonyl (C=O) groups is 2. The van der Waals surface area contributed by atoms with Gasteiger partial charge in [0.15, 0.2) is 0 Å². The fourth-order valence-corrected chi connectivity index (χ4v) is 3.36. The van der Waals surface area contributed by atoms with E-state index in [-0.39, 0.29) is 11.1 Å². The van der Waals surface area contributed by atoms with Gasteiger partial charge in [-0.15, -0.1) is 0 Å². The first-order chi connectivity index (χ1) is 16.2. The van der Waals surface area contributed by atoms with Gasteiger partial charge in [-0.2, -0.15) is 26.3 Å². The number of rotatable bonds is 8. The molecule has 0 heterocycles. The summed E-state index contributed by atoms with van der Waals surface area (Å²) in [6.07, 6.45) is -11.6. The summed E-state index contributed by atoms with van der Waals surface area (Å²) in [5, 5.41) is 0. The van der Waals surface area contributed by atoms with Gasteiger partial charge in [0.1, 0.15) is 0 Å². The molecule has 0 saturated heterocycles. The first-order valence-electron chi connectivity index (χ1n) is 10.9. The highest BCUT2D eigenvalue weighted by molar-refractivity contribution is 5.90. The first-order valence-corrected chi connectivity index (χ1v) is 10.9. The van der Waals surface area contributed by atoms with E-state index >= 15 is 0 Å². The highest BCUT2D eigenvalue weighted by atomic mass is 19.4. The lowest BCUT2D eigenvalue weighted by molar-refractivity contribution is -0.288. The van der Waals surface area contributed by atoms with E-state index in [0.717, 1.165) is 24.3 Å². The number of esters is 2. The third-order valence-electron chi connectivity index (χ3n) is 5.72. The van der Waals surface area contributed by atoms with Crippen molar-refractivity contribution in [2.75, 3.05) is 0 Å². The van der Waals surface area contributed by atoms with Gasteiger partial charge in [-0.05, 0) is 62.1 Å². The van der Waals surface area contributed by atoms with Gasteiger partial charge >= 0.3 is 24.3 Å². The predicted octanol–water partition coefficient (Wildman–Crippen LogP) is 7.01. The lowest BCUT2D eigenvalue weighted by Crippen LogP contribution is -2.54. The molecule has 2 aromatic carbocycles. The number of benzene rings is 2. The Hall–Kier alpha value is -3.04. The molecule has 0 radical (unpaired) electrons. The van der Waals surface area contributed by atoms with E-state index in [2.05, 4.69) is 0 Å². The topological polar surface area (TPSA) is 52.6 Å². The molecule has 0 fully saturated rings. The summed E-state index contributed by atoms with van der Waals surface area (Å²) in [6.45, 7) is 6.70. The fourth-order valence-electron chi connectivity index (χ4n) is 3.36. The third kappa shape index (κ3) is 5.79. The van der Waals surface area contributed by atoms with Crippen LogP contribution in [-0.2, 0) is 14.9 Å². The summed E-state index contributed by atoms with van der Waals surface area (Å²) < 4.78 is 95.9. The van der Waals surface area contributed by atoms with Crippen LogP contribution in [0.15, 0.2) is 48.5 Å². The average Bonchev–Trinajstić information content (AvgIpc) is 2.78. The van der Waals surface area contributed by atoms with E-state index in [9.17, 15) is 35.9 Å². The molecule has 0 bridgehead atoms. The molecular formula is C25H26F6O4. The molecule has 2 aromatic rings. The summed E-state index contributed by atoms with van der Waals surface area (Å²) in [4.78, 5) is 24.3. The van der Waals surface area contributed by atoms with Crippen molar-refractivity contribution in [2.24, 2.45) is 0 Å². The number of hydrogen-bond acceptors (Lipinski definition) is 4. The molecule has 4 nitrogen and oxygen atoms in total. The Kier molecular flexibility index (Phi) is 8.62. The normalized spacial score (nSPS) is 14.2. The highest BCUT2D eigenvalue weighted by Gasteiger charge is 2.72. The molecule has 192 valence electrons. The maximum absolute atomic E-state index is 14.3. The SMILES string of the molecule is CCC(C)OC(=O)c1ccc(C(c2ccc(C(=O)OC(C)CC)cc2)(C(F)(F)F)C(F)(F)F)cc1. The minimum atomic E-state index is -5.80. The summed E-state index contributed by atoms with van der Waals surface area (Å²) in [6, 6.07) is 5.90. The zero-order valence-electron chi connectivity index (χ0n) is 19.6. The van der Waals surface area contributed by atoms with E-state index < -0.39 is 53.0 Å². The van der Waals surface area contributed by atoms with Crippen molar-refractivity contribution in [1.29, 1.82) is 0 Å². The Morgan fingerprint density at radius 1 is 0.657 bits per heavy atom. The molecule has 2 unspecified atom stereocenters. The molecule has 0 amide bonds. The quantitative estimate of drug-likeness (QED) is 0.287. The maximum atomic E-state index is 14.3. The Morgan fingerprint density at radius 3 is 1.17 bits per heavy atom. The predicted molar refractivity (Wildman–Crippen MR) is 116 cm³/mol. The number of halogens is 6. The van der Waals surface area contributed by atoms with Crippen LogP contribution in [0.4, 0.5) is 26.3 Å². The van der Waals surface area contributed by atoms with Crippen LogP contribution in [0.2, 0.25) is 0 Å². The van der Waals surface area contributed by atoms with E-state index in [4.69, 9.17) is 9.47 Å². The summed E-state index contributed by atoms with van der Waals surface area (Å²) in [5.41, 5.74) is -7.04. The molecule has 0 aliphatic carbocycles. The molecule has 0 aliphatic rings. The second kappa shape index (κ2) is 10.7. The fraction of sp³-hybridized carbons (Fsp3) is 0.440. The van der Waals surface area contributed by atoms with Crippen LogP contribution >= 0.6 is 0 Å². The number of hydrogen-bond donors (Lipinski definition) is 0. The van der Waals surface area contributed by atoms with Crippen molar-refractivity contribution in [3.05, 3.63) is 70.8 Å². The Balaban J connectivity index is 2.59. The molecule has 35 heavy (non-hydrogen) atoms. The van der Waals surface area contributed by atoms with Crippen LogP contribution in [0.3, 0.4) is 0 Å². The van der Waals surface area contributed by atoms with Gasteiger partial charge < -0.3 is 9.47 Å². The molecule has 0 N–H and O–H groups in total. The second-order valence-electron chi connectivity index (χ2n) is 8.15. The van der Waals surface area contributed by atoms with Gasteiger partial charge in [0.2, 0.25) is 5.41 Å². The van der Waals surface area contributed by atoms with Crippen molar-refractivity contribution in [3.8, 4) is 0 Å². The largest absolute Gasteiger partial charge is 0.459 e. The monoisotopic (exact) mass is 504 g/mol. The Bertz CT molecular complexity index is 927.